The van der Waals surface area contributed by atoms with Crippen LogP contribution in [-0.4, -0.2) is 50.7 Å². The predicted molar refractivity (Wildman–Crippen MR) is 87.1 cm³/mol. The van der Waals surface area contributed by atoms with Crippen molar-refractivity contribution in [2.45, 2.75) is 37.7 Å². The number of aromatic nitrogens is 4. The fourth-order valence-corrected chi connectivity index (χ4v) is 4.27. The van der Waals surface area contributed by atoms with Crippen LogP contribution in [0.4, 0.5) is 0 Å². The summed E-state index contributed by atoms with van der Waals surface area (Å²) in [5.74, 6) is 0.910. The van der Waals surface area contributed by atoms with Gasteiger partial charge in [0.1, 0.15) is 21.8 Å². The molecule has 2 aliphatic heterocycles. The van der Waals surface area contributed by atoms with Crippen LogP contribution in [0.15, 0.2) is 11.0 Å². The third-order valence-electron chi connectivity index (χ3n) is 4.63. The Morgan fingerprint density at radius 1 is 1.33 bits per heavy atom. The van der Waals surface area contributed by atoms with Gasteiger partial charge in [-0.2, -0.15) is 5.10 Å². The van der Waals surface area contributed by atoms with E-state index in [-0.39, 0.29) is 23.6 Å². The number of hydrogen-bond donors (Lipinski definition) is 2. The Kier molecular flexibility index (Phi) is 4.19. The summed E-state index contributed by atoms with van der Waals surface area (Å²) in [6.45, 7) is 2.09. The molecule has 2 aromatic heterocycles. The van der Waals surface area contributed by atoms with Crippen LogP contribution in [0.3, 0.4) is 0 Å². The normalized spacial score (nSPS) is 22.2. The second-order valence-electron chi connectivity index (χ2n) is 6.19. The van der Waals surface area contributed by atoms with Crippen molar-refractivity contribution in [3.8, 4) is 0 Å². The summed E-state index contributed by atoms with van der Waals surface area (Å²) in [6, 6.07) is 0. The van der Waals surface area contributed by atoms with Gasteiger partial charge in [-0.15, -0.1) is 11.3 Å². The van der Waals surface area contributed by atoms with Gasteiger partial charge in [0.25, 0.3) is 5.91 Å². The van der Waals surface area contributed by atoms with Crippen LogP contribution in [0, 0.1) is 0 Å². The van der Waals surface area contributed by atoms with E-state index in [0.29, 0.717) is 23.8 Å². The van der Waals surface area contributed by atoms with Crippen molar-refractivity contribution in [2.24, 2.45) is 0 Å². The first-order chi connectivity index (χ1) is 11.7. The molecule has 24 heavy (non-hydrogen) atoms. The van der Waals surface area contributed by atoms with Crippen molar-refractivity contribution in [3.05, 3.63) is 32.4 Å². The first kappa shape index (κ1) is 15.5. The van der Waals surface area contributed by atoms with Gasteiger partial charge in [-0.25, -0.2) is 14.9 Å². The molecular formula is C15H19N5O3S. The molecule has 4 heterocycles. The Labute approximate surface area is 142 Å². The van der Waals surface area contributed by atoms with E-state index in [1.165, 1.54) is 11.3 Å². The number of nitrogens with one attached hydrogen (secondary N) is 2. The van der Waals surface area contributed by atoms with Crippen LogP contribution in [-0.2, 0) is 4.74 Å². The van der Waals surface area contributed by atoms with Gasteiger partial charge in [-0.05, 0) is 25.7 Å². The van der Waals surface area contributed by atoms with Gasteiger partial charge in [0.2, 0.25) is 0 Å². The van der Waals surface area contributed by atoms with Crippen molar-refractivity contribution in [2.75, 3.05) is 19.7 Å². The zero-order chi connectivity index (χ0) is 16.5. The average molecular weight is 349 g/mol. The van der Waals surface area contributed by atoms with E-state index < -0.39 is 0 Å². The van der Waals surface area contributed by atoms with Gasteiger partial charge in [-0.3, -0.25) is 9.78 Å². The number of carbonyl (C=O) groups is 1. The summed E-state index contributed by atoms with van der Waals surface area (Å²) in [7, 11) is 0. The van der Waals surface area contributed by atoms with Crippen LogP contribution in [0.2, 0.25) is 0 Å². The Morgan fingerprint density at radius 2 is 2.17 bits per heavy atom. The van der Waals surface area contributed by atoms with Crippen molar-refractivity contribution < 1.29 is 9.53 Å². The van der Waals surface area contributed by atoms with Gasteiger partial charge in [-0.1, -0.05) is 0 Å². The summed E-state index contributed by atoms with van der Waals surface area (Å²) in [5.41, 5.74) is -0.283. The molecule has 0 bridgehead atoms. The highest BCUT2D eigenvalue weighted by molar-refractivity contribution is 7.13. The van der Waals surface area contributed by atoms with E-state index in [0.717, 1.165) is 37.3 Å². The molecule has 2 aliphatic rings. The summed E-state index contributed by atoms with van der Waals surface area (Å²) in [4.78, 5) is 33.4. The lowest BCUT2D eigenvalue weighted by molar-refractivity contribution is 0.0716. The largest absolute Gasteiger partial charge is 0.371 e. The van der Waals surface area contributed by atoms with Crippen LogP contribution in [0.5, 0.6) is 0 Å². The summed E-state index contributed by atoms with van der Waals surface area (Å²) < 4.78 is 5.63. The van der Waals surface area contributed by atoms with E-state index in [1.54, 1.807) is 6.20 Å². The SMILES string of the molecule is O=C(c1cnc(C2CCCO2)s1)N1CCC(c2n[nH]c(=O)[nH]2)CC1. The molecule has 4 rings (SSSR count). The van der Waals surface area contributed by atoms with E-state index in [4.69, 9.17) is 4.74 Å². The number of hydrogen-bond acceptors (Lipinski definition) is 6. The maximum absolute atomic E-state index is 12.7. The number of piperidine rings is 1. The number of H-pyrrole nitrogens is 2. The summed E-state index contributed by atoms with van der Waals surface area (Å²) in [5, 5.41) is 7.29. The molecule has 2 N–H and O–H groups in total. The van der Waals surface area contributed by atoms with E-state index in [9.17, 15) is 9.59 Å². The second kappa shape index (κ2) is 6.48. The molecule has 2 saturated heterocycles. The zero-order valence-electron chi connectivity index (χ0n) is 13.2. The number of thiazole rings is 1. The van der Waals surface area contributed by atoms with E-state index >= 15 is 0 Å². The molecule has 2 fully saturated rings. The number of ether oxygens (including phenoxy) is 1. The first-order valence-corrected chi connectivity index (χ1v) is 9.03. The maximum Gasteiger partial charge on any atom is 0.340 e. The summed E-state index contributed by atoms with van der Waals surface area (Å²) >= 11 is 1.44. The van der Waals surface area contributed by atoms with Crippen LogP contribution < -0.4 is 5.69 Å². The highest BCUT2D eigenvalue weighted by Gasteiger charge is 2.28. The topological polar surface area (TPSA) is 104 Å². The first-order valence-electron chi connectivity index (χ1n) is 8.22. The minimum atomic E-state index is -0.283. The fraction of sp³-hybridized carbons (Fsp3) is 0.600. The third-order valence-corrected chi connectivity index (χ3v) is 5.71. The molecule has 0 spiro atoms. The highest BCUT2D eigenvalue weighted by atomic mass is 32.1. The molecule has 9 heteroatoms. The quantitative estimate of drug-likeness (QED) is 0.872. The molecule has 0 aliphatic carbocycles. The maximum atomic E-state index is 12.7. The molecule has 0 saturated carbocycles. The number of nitrogens with zero attached hydrogens (tertiary/aromatic N) is 3. The molecule has 1 unspecified atom stereocenters. The monoisotopic (exact) mass is 349 g/mol. The Hall–Kier alpha value is -2.00. The second-order valence-corrected chi connectivity index (χ2v) is 7.26. The predicted octanol–water partition coefficient (Wildman–Crippen LogP) is 1.43. The van der Waals surface area contributed by atoms with Crippen molar-refractivity contribution >= 4 is 17.2 Å². The molecule has 2 aromatic rings. The Bertz CT molecular complexity index is 768. The van der Waals surface area contributed by atoms with Crippen LogP contribution in [0.25, 0.3) is 0 Å². The third kappa shape index (κ3) is 3.01. The molecule has 128 valence electrons. The fourth-order valence-electron chi connectivity index (χ4n) is 3.30. The Morgan fingerprint density at radius 3 is 2.83 bits per heavy atom. The number of amides is 1. The highest BCUT2D eigenvalue weighted by Crippen LogP contribution is 2.32. The molecular weight excluding hydrogens is 330 g/mol. The van der Waals surface area contributed by atoms with Crippen molar-refractivity contribution in [1.29, 1.82) is 0 Å². The molecule has 1 atom stereocenters. The molecule has 0 radical (unpaired) electrons. The minimum absolute atomic E-state index is 0.0331. The lowest BCUT2D eigenvalue weighted by Crippen LogP contribution is -2.37. The number of aromatic amines is 2. The van der Waals surface area contributed by atoms with Crippen LogP contribution >= 0.6 is 11.3 Å². The van der Waals surface area contributed by atoms with Crippen LogP contribution in [0.1, 0.15) is 58.2 Å². The zero-order valence-corrected chi connectivity index (χ0v) is 14.0. The Balaban J connectivity index is 1.38. The molecule has 0 aromatic carbocycles. The smallest absolute Gasteiger partial charge is 0.340 e. The van der Waals surface area contributed by atoms with Gasteiger partial charge in [0, 0.05) is 25.6 Å². The lowest BCUT2D eigenvalue weighted by Gasteiger charge is -2.30. The van der Waals surface area contributed by atoms with Gasteiger partial charge >= 0.3 is 5.69 Å². The lowest BCUT2D eigenvalue weighted by atomic mass is 9.96. The summed E-state index contributed by atoms with van der Waals surface area (Å²) in [6.07, 6.45) is 5.35. The van der Waals surface area contributed by atoms with Gasteiger partial charge in [0.15, 0.2) is 0 Å². The number of carbonyl (C=O) groups excluding carboxylic acids is 1. The standard InChI is InChI=1S/C15H19N5O3S/c21-14(11-8-16-13(24-11)10-2-1-7-23-10)20-5-3-9(4-6-20)12-17-15(22)19-18-12/h8-10H,1-7H2,(H2,17,18,19,22). The van der Waals surface area contributed by atoms with E-state index in [1.807, 2.05) is 4.90 Å². The minimum Gasteiger partial charge on any atom is -0.371 e. The van der Waals surface area contributed by atoms with Gasteiger partial charge in [0.05, 0.1) is 6.20 Å². The van der Waals surface area contributed by atoms with Crippen molar-refractivity contribution in [1.82, 2.24) is 25.1 Å². The molecule has 8 nitrogen and oxygen atoms in total. The molecule has 1 amide bonds. The number of rotatable bonds is 3. The number of likely N-dealkylation sites (tertiary alicyclic amines) is 1. The van der Waals surface area contributed by atoms with Crippen molar-refractivity contribution in [3.63, 3.8) is 0 Å². The average Bonchev–Trinajstić information content (AvgIpc) is 3.35. The van der Waals surface area contributed by atoms with Gasteiger partial charge < -0.3 is 9.64 Å². The van der Waals surface area contributed by atoms with E-state index in [2.05, 4.69) is 20.2 Å².